The maximum atomic E-state index is 12.8. The molecular weight excluding hydrogens is 398 g/mol. The highest BCUT2D eigenvalue weighted by Gasteiger charge is 2.29. The monoisotopic (exact) mass is 425 g/mol. The summed E-state index contributed by atoms with van der Waals surface area (Å²) < 4.78 is 26.9. The van der Waals surface area contributed by atoms with Crippen molar-refractivity contribution in [3.8, 4) is 11.1 Å². The van der Waals surface area contributed by atoms with Crippen LogP contribution in [0.1, 0.15) is 24.3 Å². The van der Waals surface area contributed by atoms with E-state index in [0.29, 0.717) is 11.5 Å². The predicted octanol–water partition coefficient (Wildman–Crippen LogP) is 2.58. The van der Waals surface area contributed by atoms with E-state index in [9.17, 15) is 13.2 Å². The Labute approximate surface area is 178 Å². The van der Waals surface area contributed by atoms with Crippen molar-refractivity contribution in [3.63, 3.8) is 0 Å². The Bertz CT molecular complexity index is 1050. The Hall–Kier alpha value is -2.48. The lowest BCUT2D eigenvalue weighted by molar-refractivity contribution is -0.114. The molecule has 30 heavy (non-hydrogen) atoms. The van der Waals surface area contributed by atoms with Gasteiger partial charge in [0.15, 0.2) is 0 Å². The van der Waals surface area contributed by atoms with Crippen LogP contribution in [0.5, 0.6) is 0 Å². The van der Waals surface area contributed by atoms with Crippen LogP contribution in [0.15, 0.2) is 65.1 Å². The van der Waals surface area contributed by atoms with Gasteiger partial charge in [-0.05, 0) is 67.7 Å². The number of sulfonamides is 1. The van der Waals surface area contributed by atoms with Crippen LogP contribution in [0, 0.1) is 0 Å². The van der Waals surface area contributed by atoms with Crippen LogP contribution < -0.4 is 5.73 Å². The van der Waals surface area contributed by atoms with Crippen LogP contribution in [-0.4, -0.2) is 56.8 Å². The minimum atomic E-state index is -3.66. The van der Waals surface area contributed by atoms with E-state index in [0.717, 1.165) is 24.2 Å². The highest BCUT2D eigenvalue weighted by atomic mass is 32.2. The van der Waals surface area contributed by atoms with E-state index >= 15 is 0 Å². The molecule has 2 aliphatic heterocycles. The first kappa shape index (κ1) is 20.8. The minimum Gasteiger partial charge on any atom is -0.366 e. The van der Waals surface area contributed by atoms with Gasteiger partial charge >= 0.3 is 0 Å². The molecule has 2 heterocycles. The number of benzene rings is 2. The molecule has 1 saturated heterocycles. The van der Waals surface area contributed by atoms with Crippen molar-refractivity contribution in [2.75, 3.05) is 33.2 Å². The van der Waals surface area contributed by atoms with Gasteiger partial charge in [0.2, 0.25) is 15.9 Å². The Morgan fingerprint density at radius 2 is 1.53 bits per heavy atom. The van der Waals surface area contributed by atoms with Gasteiger partial charge in [-0.15, -0.1) is 0 Å². The lowest BCUT2D eigenvalue weighted by Crippen LogP contribution is -2.30. The normalized spacial score (nSPS) is 19.0. The first-order valence-electron chi connectivity index (χ1n) is 10.2. The summed E-state index contributed by atoms with van der Waals surface area (Å²) in [6.07, 6.45) is 3.94. The molecule has 0 radical (unpaired) electrons. The summed E-state index contributed by atoms with van der Waals surface area (Å²) in [4.78, 5) is 13.9. The number of nitrogens with zero attached hydrogens (tertiary/aromatic N) is 2. The lowest BCUT2D eigenvalue weighted by atomic mass is 9.89. The van der Waals surface area contributed by atoms with Gasteiger partial charge in [0, 0.05) is 18.7 Å². The molecule has 2 aliphatic rings. The van der Waals surface area contributed by atoms with E-state index in [-0.39, 0.29) is 18.0 Å². The Balaban J connectivity index is 1.46. The Morgan fingerprint density at radius 3 is 2.07 bits per heavy atom. The van der Waals surface area contributed by atoms with Crippen molar-refractivity contribution in [1.29, 1.82) is 0 Å². The van der Waals surface area contributed by atoms with Gasteiger partial charge in [-0.25, -0.2) is 8.42 Å². The summed E-state index contributed by atoms with van der Waals surface area (Å²) in [6.45, 7) is 2.46. The van der Waals surface area contributed by atoms with Crippen LogP contribution >= 0.6 is 0 Å². The molecule has 0 bridgehead atoms. The molecule has 1 fully saturated rings. The topological polar surface area (TPSA) is 83.7 Å². The van der Waals surface area contributed by atoms with Crippen molar-refractivity contribution in [2.45, 2.75) is 23.7 Å². The molecule has 0 saturated carbocycles. The van der Waals surface area contributed by atoms with Gasteiger partial charge < -0.3 is 10.6 Å². The van der Waals surface area contributed by atoms with Crippen LogP contribution in [0.25, 0.3) is 11.1 Å². The van der Waals surface area contributed by atoms with Crippen molar-refractivity contribution in [2.24, 2.45) is 5.73 Å². The zero-order valence-electron chi connectivity index (χ0n) is 17.1. The molecule has 1 amide bonds. The molecule has 158 valence electrons. The fourth-order valence-corrected chi connectivity index (χ4v) is 5.51. The number of piperidine rings is 1. The number of amides is 1. The molecule has 2 aromatic carbocycles. The molecule has 0 unspecified atom stereocenters. The number of carbonyl (C=O) groups excluding carboxylic acids is 1. The number of likely N-dealkylation sites (tertiary alicyclic amines) is 1. The van der Waals surface area contributed by atoms with E-state index in [1.165, 1.54) is 22.7 Å². The van der Waals surface area contributed by atoms with Crippen LogP contribution in [0.3, 0.4) is 0 Å². The molecule has 2 N–H and O–H groups in total. The number of hydrogen-bond acceptors (Lipinski definition) is 4. The van der Waals surface area contributed by atoms with E-state index in [1.54, 1.807) is 18.2 Å². The molecule has 0 spiro atoms. The molecular formula is C23H27N3O3S. The van der Waals surface area contributed by atoms with E-state index < -0.39 is 15.9 Å². The smallest absolute Gasteiger partial charge is 0.245 e. The highest BCUT2D eigenvalue weighted by molar-refractivity contribution is 7.89. The van der Waals surface area contributed by atoms with Gasteiger partial charge in [0.05, 0.1) is 4.90 Å². The summed E-state index contributed by atoms with van der Waals surface area (Å²) in [5.41, 5.74) is 9.00. The van der Waals surface area contributed by atoms with Crippen molar-refractivity contribution < 1.29 is 13.2 Å². The average Bonchev–Trinajstić information content (AvgIpc) is 3.26. The molecule has 4 rings (SSSR count). The Kier molecular flexibility index (Phi) is 5.77. The van der Waals surface area contributed by atoms with Crippen LogP contribution in [0.2, 0.25) is 0 Å². The first-order valence-corrected chi connectivity index (χ1v) is 11.7. The van der Waals surface area contributed by atoms with Gasteiger partial charge in [-0.3, -0.25) is 4.79 Å². The van der Waals surface area contributed by atoms with Gasteiger partial charge in [0.25, 0.3) is 0 Å². The number of carbonyl (C=O) groups is 1. The average molecular weight is 426 g/mol. The molecule has 0 aromatic heterocycles. The lowest BCUT2D eigenvalue weighted by Gasteiger charge is -2.29. The molecule has 7 heteroatoms. The zero-order chi connectivity index (χ0) is 21.3. The summed E-state index contributed by atoms with van der Waals surface area (Å²) in [5, 5.41) is 0. The predicted molar refractivity (Wildman–Crippen MR) is 117 cm³/mol. The molecule has 6 nitrogen and oxygen atoms in total. The summed E-state index contributed by atoms with van der Waals surface area (Å²) in [6, 6.07) is 15.5. The van der Waals surface area contributed by atoms with Gasteiger partial charge in [-0.1, -0.05) is 42.5 Å². The zero-order valence-corrected chi connectivity index (χ0v) is 17.9. The third kappa shape index (κ3) is 4.19. The highest BCUT2D eigenvalue weighted by Crippen LogP contribution is 2.30. The maximum absolute atomic E-state index is 12.8. The maximum Gasteiger partial charge on any atom is 0.245 e. The van der Waals surface area contributed by atoms with Gasteiger partial charge in [0.1, 0.15) is 0 Å². The van der Waals surface area contributed by atoms with Crippen molar-refractivity contribution >= 4 is 15.9 Å². The standard InChI is InChI=1S/C23H27N3O3S/c1-25-13-10-20(11-14-25)18-4-2-17(3-5-18)19-6-8-22(9-7-19)30(28,29)26-15-12-21(16-26)23(24)27/h2-9,12,20H,10-11,13-16H2,1H3,(H2,24,27). The fraction of sp³-hybridized carbons (Fsp3) is 0.348. The quantitative estimate of drug-likeness (QED) is 0.798. The number of primary amides is 1. The second kappa shape index (κ2) is 8.34. The second-order valence-electron chi connectivity index (χ2n) is 8.12. The van der Waals surface area contributed by atoms with E-state index in [2.05, 4.69) is 36.2 Å². The number of hydrogen-bond donors (Lipinski definition) is 1. The number of nitrogens with two attached hydrogens (primary N) is 1. The summed E-state index contributed by atoms with van der Waals surface area (Å²) >= 11 is 0. The molecule has 0 aliphatic carbocycles. The summed E-state index contributed by atoms with van der Waals surface area (Å²) in [5.74, 6) is 0.0360. The number of rotatable bonds is 5. The van der Waals surface area contributed by atoms with E-state index in [1.807, 2.05) is 12.1 Å². The first-order chi connectivity index (χ1) is 14.3. The van der Waals surface area contributed by atoms with Crippen molar-refractivity contribution in [3.05, 3.63) is 65.7 Å². The molecule has 2 aromatic rings. The van der Waals surface area contributed by atoms with E-state index in [4.69, 9.17) is 5.73 Å². The van der Waals surface area contributed by atoms with Crippen LogP contribution in [-0.2, 0) is 14.8 Å². The Morgan fingerprint density at radius 1 is 0.967 bits per heavy atom. The summed E-state index contributed by atoms with van der Waals surface area (Å²) in [7, 11) is -1.49. The van der Waals surface area contributed by atoms with Gasteiger partial charge in [-0.2, -0.15) is 4.31 Å². The minimum absolute atomic E-state index is 0.0256. The SMILES string of the molecule is CN1CCC(c2ccc(-c3ccc(S(=O)(=O)N4CC=C(C(N)=O)C4)cc3)cc2)CC1. The third-order valence-electron chi connectivity index (χ3n) is 6.13. The largest absolute Gasteiger partial charge is 0.366 e. The fourth-order valence-electron chi connectivity index (χ4n) is 4.15. The van der Waals surface area contributed by atoms with Crippen molar-refractivity contribution in [1.82, 2.24) is 9.21 Å². The second-order valence-corrected chi connectivity index (χ2v) is 10.1. The third-order valence-corrected chi connectivity index (χ3v) is 7.96. The molecule has 0 atom stereocenters. The van der Waals surface area contributed by atoms with Crippen LogP contribution in [0.4, 0.5) is 0 Å².